The number of benzene rings is 1. The summed E-state index contributed by atoms with van der Waals surface area (Å²) in [6.07, 6.45) is 3.28. The summed E-state index contributed by atoms with van der Waals surface area (Å²) in [5.41, 5.74) is 3.40. The van der Waals surface area contributed by atoms with E-state index < -0.39 is 0 Å². The quantitative estimate of drug-likeness (QED) is 0.852. The molecule has 2 atom stereocenters. The molecule has 18 heavy (non-hydrogen) atoms. The Balaban J connectivity index is 1.77. The van der Waals surface area contributed by atoms with Gasteiger partial charge in [0.1, 0.15) is 0 Å². The van der Waals surface area contributed by atoms with Gasteiger partial charge >= 0.3 is 0 Å². The molecule has 3 rings (SSSR count). The number of amides is 1. The van der Waals surface area contributed by atoms with E-state index in [1.807, 2.05) is 12.1 Å². The third-order valence-corrected chi connectivity index (χ3v) is 4.15. The van der Waals surface area contributed by atoms with Gasteiger partial charge in [-0.2, -0.15) is 0 Å². The van der Waals surface area contributed by atoms with Crippen molar-refractivity contribution < 1.29 is 4.79 Å². The van der Waals surface area contributed by atoms with Crippen LogP contribution in [0.5, 0.6) is 0 Å². The van der Waals surface area contributed by atoms with Crippen LogP contribution < -0.4 is 10.6 Å². The van der Waals surface area contributed by atoms with Crippen molar-refractivity contribution in [1.82, 2.24) is 10.6 Å². The summed E-state index contributed by atoms with van der Waals surface area (Å²) < 4.78 is 0. The van der Waals surface area contributed by atoms with Crippen molar-refractivity contribution in [3.05, 3.63) is 34.9 Å². The second-order valence-electron chi connectivity index (χ2n) is 5.35. The number of carbonyl (C=O) groups is 1. The number of hydrogen-bond donors (Lipinski definition) is 2. The molecule has 0 bridgehead atoms. The molecule has 1 heterocycles. The van der Waals surface area contributed by atoms with Crippen LogP contribution in [0.4, 0.5) is 0 Å². The van der Waals surface area contributed by atoms with Crippen LogP contribution >= 0.6 is 0 Å². The van der Waals surface area contributed by atoms with E-state index in [1.165, 1.54) is 17.5 Å². The molecule has 3 nitrogen and oxygen atoms in total. The van der Waals surface area contributed by atoms with Crippen LogP contribution in [0.25, 0.3) is 0 Å². The van der Waals surface area contributed by atoms with Crippen LogP contribution in [0.2, 0.25) is 0 Å². The van der Waals surface area contributed by atoms with Crippen LogP contribution in [-0.4, -0.2) is 18.5 Å². The van der Waals surface area contributed by atoms with Gasteiger partial charge in [-0.25, -0.2) is 0 Å². The van der Waals surface area contributed by atoms with E-state index in [0.717, 1.165) is 31.5 Å². The Morgan fingerprint density at radius 3 is 3.17 bits per heavy atom. The Morgan fingerprint density at radius 2 is 2.39 bits per heavy atom. The summed E-state index contributed by atoms with van der Waals surface area (Å²) in [6.45, 7) is 4.04. The summed E-state index contributed by atoms with van der Waals surface area (Å²) in [5, 5.41) is 6.51. The van der Waals surface area contributed by atoms with Gasteiger partial charge in [0.05, 0.1) is 0 Å². The summed E-state index contributed by atoms with van der Waals surface area (Å²) >= 11 is 0. The number of fused-ring (bicyclic) bond motifs is 1. The molecule has 1 aliphatic carbocycles. The van der Waals surface area contributed by atoms with Crippen molar-refractivity contribution in [2.45, 2.75) is 38.8 Å². The van der Waals surface area contributed by atoms with E-state index in [9.17, 15) is 4.79 Å². The normalized spacial score (nSPS) is 25.4. The SMILES string of the molecule is CCC1CC1NC(=O)c1cccc2c1CCNC2. The van der Waals surface area contributed by atoms with Crippen molar-refractivity contribution in [2.24, 2.45) is 5.92 Å². The highest BCUT2D eigenvalue weighted by Gasteiger charge is 2.36. The number of carbonyl (C=O) groups excluding carboxylic acids is 1. The van der Waals surface area contributed by atoms with E-state index >= 15 is 0 Å². The van der Waals surface area contributed by atoms with Crippen molar-refractivity contribution in [3.63, 3.8) is 0 Å². The molecule has 1 aliphatic heterocycles. The zero-order valence-corrected chi connectivity index (χ0v) is 10.8. The molecule has 0 aromatic heterocycles. The number of rotatable bonds is 3. The Morgan fingerprint density at radius 1 is 1.50 bits per heavy atom. The first-order valence-corrected chi connectivity index (χ1v) is 6.92. The predicted octanol–water partition coefficient (Wildman–Crippen LogP) is 1.86. The Bertz CT molecular complexity index is 470. The fourth-order valence-corrected chi connectivity index (χ4v) is 2.87. The molecule has 1 saturated carbocycles. The van der Waals surface area contributed by atoms with Crippen molar-refractivity contribution in [1.29, 1.82) is 0 Å². The average Bonchev–Trinajstić information content (AvgIpc) is 3.16. The van der Waals surface area contributed by atoms with E-state index in [4.69, 9.17) is 0 Å². The zero-order chi connectivity index (χ0) is 12.5. The number of hydrogen-bond acceptors (Lipinski definition) is 2. The van der Waals surface area contributed by atoms with E-state index in [1.54, 1.807) is 0 Å². The van der Waals surface area contributed by atoms with Gasteiger partial charge in [0.15, 0.2) is 0 Å². The molecule has 0 spiro atoms. The Hall–Kier alpha value is -1.35. The summed E-state index contributed by atoms with van der Waals surface area (Å²) in [6, 6.07) is 6.48. The molecule has 0 saturated heterocycles. The fourth-order valence-electron chi connectivity index (χ4n) is 2.87. The second-order valence-corrected chi connectivity index (χ2v) is 5.35. The van der Waals surface area contributed by atoms with Crippen molar-refractivity contribution >= 4 is 5.91 Å². The lowest BCUT2D eigenvalue weighted by molar-refractivity contribution is 0.0947. The third-order valence-electron chi connectivity index (χ3n) is 4.15. The summed E-state index contributed by atoms with van der Waals surface area (Å²) in [4.78, 5) is 12.3. The first-order valence-electron chi connectivity index (χ1n) is 6.92. The molecule has 1 aromatic carbocycles. The van der Waals surface area contributed by atoms with Gasteiger partial charge in [-0.3, -0.25) is 4.79 Å². The van der Waals surface area contributed by atoms with E-state index in [0.29, 0.717) is 12.0 Å². The topological polar surface area (TPSA) is 41.1 Å². The largest absolute Gasteiger partial charge is 0.349 e. The first kappa shape index (κ1) is 11.7. The maximum absolute atomic E-state index is 12.3. The van der Waals surface area contributed by atoms with E-state index in [-0.39, 0.29) is 5.91 Å². The molecule has 1 amide bonds. The van der Waals surface area contributed by atoms with Crippen LogP contribution in [-0.2, 0) is 13.0 Å². The monoisotopic (exact) mass is 244 g/mol. The van der Waals surface area contributed by atoms with Crippen LogP contribution in [0.3, 0.4) is 0 Å². The maximum atomic E-state index is 12.3. The van der Waals surface area contributed by atoms with Gasteiger partial charge < -0.3 is 10.6 Å². The van der Waals surface area contributed by atoms with Gasteiger partial charge in [0, 0.05) is 18.2 Å². The molecule has 2 unspecified atom stereocenters. The minimum absolute atomic E-state index is 0.120. The van der Waals surface area contributed by atoms with Gasteiger partial charge in [-0.1, -0.05) is 25.5 Å². The number of nitrogens with one attached hydrogen (secondary N) is 2. The molecule has 0 radical (unpaired) electrons. The molecule has 3 heteroatoms. The van der Waals surface area contributed by atoms with Gasteiger partial charge in [0.25, 0.3) is 5.91 Å². The second kappa shape index (κ2) is 4.73. The maximum Gasteiger partial charge on any atom is 0.251 e. The molecule has 1 fully saturated rings. The van der Waals surface area contributed by atoms with Crippen LogP contribution in [0.1, 0.15) is 41.3 Å². The van der Waals surface area contributed by atoms with Gasteiger partial charge in [-0.05, 0) is 42.5 Å². The lowest BCUT2D eigenvalue weighted by Crippen LogP contribution is -2.31. The van der Waals surface area contributed by atoms with Gasteiger partial charge in [0.2, 0.25) is 0 Å². The third kappa shape index (κ3) is 2.15. The summed E-state index contributed by atoms with van der Waals surface area (Å²) in [7, 11) is 0. The standard InChI is InChI=1S/C15H20N2O/c1-2-10-8-14(10)17-15(18)13-5-3-4-11-9-16-7-6-12(11)13/h3-5,10,14,16H,2,6-9H2,1H3,(H,17,18). The Kier molecular flexibility index (Phi) is 3.08. The fraction of sp³-hybridized carbons (Fsp3) is 0.533. The molecule has 2 aliphatic rings. The Labute approximate surface area is 108 Å². The average molecular weight is 244 g/mol. The van der Waals surface area contributed by atoms with Crippen molar-refractivity contribution in [3.8, 4) is 0 Å². The molecule has 1 aromatic rings. The zero-order valence-electron chi connectivity index (χ0n) is 10.8. The van der Waals surface area contributed by atoms with Crippen molar-refractivity contribution in [2.75, 3.05) is 6.54 Å². The first-order chi connectivity index (χ1) is 8.79. The van der Waals surface area contributed by atoms with Gasteiger partial charge in [-0.15, -0.1) is 0 Å². The van der Waals surface area contributed by atoms with Crippen LogP contribution in [0, 0.1) is 5.92 Å². The lowest BCUT2D eigenvalue weighted by atomic mass is 9.95. The van der Waals surface area contributed by atoms with Crippen LogP contribution in [0.15, 0.2) is 18.2 Å². The minimum atomic E-state index is 0.120. The highest BCUT2D eigenvalue weighted by Crippen LogP contribution is 2.33. The molecular formula is C15H20N2O. The summed E-state index contributed by atoms with van der Waals surface area (Å²) in [5.74, 6) is 0.824. The highest BCUT2D eigenvalue weighted by molar-refractivity contribution is 5.96. The lowest BCUT2D eigenvalue weighted by Gasteiger charge is -2.20. The molecule has 96 valence electrons. The predicted molar refractivity (Wildman–Crippen MR) is 71.5 cm³/mol. The van der Waals surface area contributed by atoms with E-state index in [2.05, 4.69) is 23.6 Å². The minimum Gasteiger partial charge on any atom is -0.349 e. The highest BCUT2D eigenvalue weighted by atomic mass is 16.1. The molecule has 2 N–H and O–H groups in total. The molecular weight excluding hydrogens is 224 g/mol. The smallest absolute Gasteiger partial charge is 0.251 e.